The summed E-state index contributed by atoms with van der Waals surface area (Å²) in [5.74, 6) is 2.59. The minimum absolute atomic E-state index is 0.327. The lowest BCUT2D eigenvalue weighted by Crippen LogP contribution is -2.55. The average molecular weight is 271 g/mol. The van der Waals surface area contributed by atoms with Crippen LogP contribution in [-0.4, -0.2) is 65.6 Å². The van der Waals surface area contributed by atoms with Crippen LogP contribution in [0.5, 0.6) is 0 Å². The Hall–Kier alpha value is 0.230. The molecule has 0 aromatic heterocycles. The summed E-state index contributed by atoms with van der Waals surface area (Å²) in [5.41, 5.74) is 6.47. The van der Waals surface area contributed by atoms with Crippen molar-refractivity contribution in [3.05, 3.63) is 0 Å². The number of likely N-dealkylation sites (N-methyl/N-ethyl adjacent to an activating group) is 1. The maximum absolute atomic E-state index is 6.14. The summed E-state index contributed by atoms with van der Waals surface area (Å²) in [7, 11) is 0. The van der Waals surface area contributed by atoms with Gasteiger partial charge in [-0.2, -0.15) is 11.8 Å². The number of thioether (sulfide) groups is 1. The fourth-order valence-corrected chi connectivity index (χ4v) is 4.86. The Bertz CT molecular complexity index is 249. The molecule has 2 fully saturated rings. The molecule has 0 spiro atoms. The zero-order valence-corrected chi connectivity index (χ0v) is 12.8. The molecule has 0 radical (unpaired) electrons. The first-order valence-corrected chi connectivity index (χ1v) is 8.68. The van der Waals surface area contributed by atoms with Crippen LogP contribution in [0, 0.1) is 0 Å². The van der Waals surface area contributed by atoms with E-state index in [4.69, 9.17) is 5.73 Å². The second-order valence-corrected chi connectivity index (χ2v) is 6.88. The Balaban J connectivity index is 1.97. The van der Waals surface area contributed by atoms with E-state index in [-0.39, 0.29) is 0 Å². The van der Waals surface area contributed by atoms with Gasteiger partial charge in [0.15, 0.2) is 0 Å². The summed E-state index contributed by atoms with van der Waals surface area (Å²) in [6.07, 6.45) is 3.91. The molecule has 18 heavy (non-hydrogen) atoms. The van der Waals surface area contributed by atoms with Crippen LogP contribution in [-0.2, 0) is 0 Å². The molecule has 1 unspecified atom stereocenters. The van der Waals surface area contributed by atoms with Crippen LogP contribution < -0.4 is 5.73 Å². The van der Waals surface area contributed by atoms with Gasteiger partial charge in [0.05, 0.1) is 0 Å². The molecule has 0 aromatic carbocycles. The van der Waals surface area contributed by atoms with Gasteiger partial charge in [0, 0.05) is 31.2 Å². The Kier molecular flexibility index (Phi) is 5.36. The predicted octanol–water partition coefficient (Wildman–Crippen LogP) is 1.63. The molecule has 2 saturated heterocycles. The molecule has 2 rings (SSSR count). The topological polar surface area (TPSA) is 32.5 Å². The van der Waals surface area contributed by atoms with E-state index < -0.39 is 0 Å². The fraction of sp³-hybridized carbons (Fsp3) is 1.00. The van der Waals surface area contributed by atoms with Gasteiger partial charge in [-0.15, -0.1) is 0 Å². The van der Waals surface area contributed by atoms with Crippen LogP contribution in [0.1, 0.15) is 33.1 Å². The van der Waals surface area contributed by atoms with Crippen LogP contribution in [0.4, 0.5) is 0 Å². The van der Waals surface area contributed by atoms with E-state index in [9.17, 15) is 0 Å². The fourth-order valence-electron chi connectivity index (χ4n) is 3.61. The standard InChI is InChI=1S/C14H29N3S/c1-3-16(4-2)13-5-8-17(11-13)14(12-15)6-9-18-10-7-14/h13H,3-12,15H2,1-2H3. The summed E-state index contributed by atoms with van der Waals surface area (Å²) >= 11 is 2.09. The molecule has 0 saturated carbocycles. The van der Waals surface area contributed by atoms with Gasteiger partial charge in [-0.3, -0.25) is 9.80 Å². The molecule has 0 amide bonds. The van der Waals surface area contributed by atoms with Gasteiger partial charge in [0.2, 0.25) is 0 Å². The van der Waals surface area contributed by atoms with E-state index in [0.717, 1.165) is 12.6 Å². The molecular weight excluding hydrogens is 242 g/mol. The van der Waals surface area contributed by atoms with Crippen molar-refractivity contribution in [2.75, 3.05) is 44.2 Å². The molecule has 2 aliphatic heterocycles. The number of rotatable bonds is 5. The average Bonchev–Trinajstić information content (AvgIpc) is 2.91. The maximum Gasteiger partial charge on any atom is 0.0348 e. The summed E-state index contributed by atoms with van der Waals surface area (Å²) in [6.45, 7) is 10.3. The lowest BCUT2D eigenvalue weighted by molar-refractivity contribution is 0.0995. The first kappa shape index (κ1) is 14.6. The van der Waals surface area contributed by atoms with Crippen molar-refractivity contribution in [2.24, 2.45) is 5.73 Å². The quantitative estimate of drug-likeness (QED) is 0.824. The summed E-state index contributed by atoms with van der Waals surface area (Å²) in [4.78, 5) is 5.33. The molecule has 0 bridgehead atoms. The van der Waals surface area contributed by atoms with E-state index in [1.807, 2.05) is 0 Å². The van der Waals surface area contributed by atoms with Crippen molar-refractivity contribution in [1.82, 2.24) is 9.80 Å². The molecule has 1 atom stereocenters. The van der Waals surface area contributed by atoms with Crippen LogP contribution in [0.3, 0.4) is 0 Å². The van der Waals surface area contributed by atoms with Crippen LogP contribution >= 0.6 is 11.8 Å². The highest BCUT2D eigenvalue weighted by molar-refractivity contribution is 7.99. The molecule has 4 heteroatoms. The first-order chi connectivity index (χ1) is 8.75. The number of nitrogens with zero attached hydrogens (tertiary/aromatic N) is 2. The van der Waals surface area contributed by atoms with Crippen molar-refractivity contribution in [1.29, 1.82) is 0 Å². The van der Waals surface area contributed by atoms with Crippen molar-refractivity contribution in [3.63, 3.8) is 0 Å². The second kappa shape index (κ2) is 6.60. The van der Waals surface area contributed by atoms with Gasteiger partial charge < -0.3 is 5.73 Å². The predicted molar refractivity (Wildman–Crippen MR) is 81.2 cm³/mol. The number of likely N-dealkylation sites (tertiary alicyclic amines) is 1. The monoisotopic (exact) mass is 271 g/mol. The van der Waals surface area contributed by atoms with Crippen molar-refractivity contribution in [2.45, 2.75) is 44.7 Å². The molecule has 2 N–H and O–H groups in total. The SMILES string of the molecule is CCN(CC)C1CCN(C2(CN)CCSCC2)C1. The number of nitrogens with two attached hydrogens (primary N) is 1. The highest BCUT2D eigenvalue weighted by Gasteiger charge is 2.41. The van der Waals surface area contributed by atoms with E-state index in [1.165, 1.54) is 56.9 Å². The minimum atomic E-state index is 0.327. The largest absolute Gasteiger partial charge is 0.329 e. The van der Waals surface area contributed by atoms with E-state index in [1.54, 1.807) is 0 Å². The third kappa shape index (κ3) is 2.87. The molecule has 0 aromatic rings. The van der Waals surface area contributed by atoms with Gasteiger partial charge >= 0.3 is 0 Å². The van der Waals surface area contributed by atoms with Crippen LogP contribution in [0.15, 0.2) is 0 Å². The first-order valence-electron chi connectivity index (χ1n) is 7.52. The Morgan fingerprint density at radius 2 is 1.94 bits per heavy atom. The summed E-state index contributed by atoms with van der Waals surface area (Å²) in [6, 6.07) is 0.762. The second-order valence-electron chi connectivity index (χ2n) is 5.65. The number of hydrogen-bond donors (Lipinski definition) is 1. The molecular formula is C14H29N3S. The van der Waals surface area contributed by atoms with Crippen molar-refractivity contribution < 1.29 is 0 Å². The molecule has 106 valence electrons. The lowest BCUT2D eigenvalue weighted by atomic mass is 9.90. The van der Waals surface area contributed by atoms with Crippen molar-refractivity contribution >= 4 is 11.8 Å². The summed E-state index contributed by atoms with van der Waals surface area (Å²) in [5, 5.41) is 0. The van der Waals surface area contributed by atoms with Crippen LogP contribution in [0.2, 0.25) is 0 Å². The third-order valence-corrected chi connectivity index (χ3v) is 5.95. The lowest BCUT2D eigenvalue weighted by Gasteiger charge is -2.44. The Labute approximate surface area is 116 Å². The molecule has 3 nitrogen and oxygen atoms in total. The highest BCUT2D eigenvalue weighted by Crippen LogP contribution is 2.34. The summed E-state index contributed by atoms with van der Waals surface area (Å²) < 4.78 is 0. The van der Waals surface area contributed by atoms with E-state index >= 15 is 0 Å². The Morgan fingerprint density at radius 1 is 1.28 bits per heavy atom. The number of hydrogen-bond acceptors (Lipinski definition) is 4. The van der Waals surface area contributed by atoms with Gasteiger partial charge in [-0.25, -0.2) is 0 Å². The van der Waals surface area contributed by atoms with Crippen molar-refractivity contribution in [3.8, 4) is 0 Å². The minimum Gasteiger partial charge on any atom is -0.329 e. The molecule has 2 heterocycles. The maximum atomic E-state index is 6.14. The van der Waals surface area contributed by atoms with Crippen LogP contribution in [0.25, 0.3) is 0 Å². The Morgan fingerprint density at radius 3 is 2.50 bits per heavy atom. The van der Waals surface area contributed by atoms with Gasteiger partial charge in [0.1, 0.15) is 0 Å². The van der Waals surface area contributed by atoms with E-state index in [0.29, 0.717) is 5.54 Å². The normalized spacial score (nSPS) is 29.0. The zero-order chi connectivity index (χ0) is 13.0. The van der Waals surface area contributed by atoms with Gasteiger partial charge in [-0.05, 0) is 43.9 Å². The van der Waals surface area contributed by atoms with Gasteiger partial charge in [-0.1, -0.05) is 13.8 Å². The smallest absolute Gasteiger partial charge is 0.0348 e. The third-order valence-electron chi connectivity index (χ3n) is 4.97. The molecule has 2 aliphatic rings. The van der Waals surface area contributed by atoms with E-state index in [2.05, 4.69) is 35.4 Å². The highest BCUT2D eigenvalue weighted by atomic mass is 32.2. The zero-order valence-electron chi connectivity index (χ0n) is 12.0. The van der Waals surface area contributed by atoms with Gasteiger partial charge in [0.25, 0.3) is 0 Å². The molecule has 0 aliphatic carbocycles.